The molecule has 0 unspecified atom stereocenters. The van der Waals surface area contributed by atoms with Crippen LogP contribution in [-0.2, 0) is 0 Å². The number of hydrogen-bond acceptors (Lipinski definition) is 5. The fraction of sp³-hybridized carbons (Fsp3) is 0.118. The van der Waals surface area contributed by atoms with Gasteiger partial charge in [-0.05, 0) is 47.9 Å². The van der Waals surface area contributed by atoms with Gasteiger partial charge in [0.2, 0.25) is 0 Å². The Bertz CT molecular complexity index is 808. The Morgan fingerprint density at radius 3 is 1.92 bits per heavy atom. The number of aryl methyl sites for hydroxylation is 2. The van der Waals surface area contributed by atoms with Crippen LogP contribution < -0.4 is 10.6 Å². The number of carbonyl (C=O) groups excluding carboxylic acids is 2. The molecule has 3 rings (SSSR count). The molecule has 3 heterocycles. The van der Waals surface area contributed by atoms with E-state index in [-0.39, 0.29) is 17.5 Å². The van der Waals surface area contributed by atoms with Gasteiger partial charge >= 0.3 is 0 Å². The summed E-state index contributed by atoms with van der Waals surface area (Å²) < 4.78 is 0. The van der Waals surface area contributed by atoms with Crippen LogP contribution in [0.3, 0.4) is 0 Å². The molecular formula is C17H15N3O2S2. The topological polar surface area (TPSA) is 71.1 Å². The van der Waals surface area contributed by atoms with Gasteiger partial charge < -0.3 is 10.6 Å². The molecule has 3 aromatic rings. The molecule has 0 spiro atoms. The largest absolute Gasteiger partial charge is 0.321 e. The van der Waals surface area contributed by atoms with Crippen LogP contribution in [0.2, 0.25) is 0 Å². The van der Waals surface area contributed by atoms with E-state index in [1.54, 1.807) is 12.1 Å². The van der Waals surface area contributed by atoms with Crippen molar-refractivity contribution in [2.24, 2.45) is 0 Å². The zero-order valence-electron chi connectivity index (χ0n) is 13.1. The van der Waals surface area contributed by atoms with E-state index >= 15 is 0 Å². The van der Waals surface area contributed by atoms with Crippen LogP contribution in [0.25, 0.3) is 0 Å². The fourth-order valence-electron chi connectivity index (χ4n) is 2.02. The summed E-state index contributed by atoms with van der Waals surface area (Å²) in [6.45, 7) is 3.86. The molecule has 0 fully saturated rings. The van der Waals surface area contributed by atoms with Gasteiger partial charge in [-0.2, -0.15) is 0 Å². The molecule has 122 valence electrons. The second-order valence-corrected chi connectivity index (χ2v) is 6.76. The molecule has 5 nitrogen and oxygen atoms in total. The highest BCUT2D eigenvalue weighted by atomic mass is 32.1. The third-order valence-electron chi connectivity index (χ3n) is 3.47. The Labute approximate surface area is 147 Å². The molecule has 2 N–H and O–H groups in total. The van der Waals surface area contributed by atoms with E-state index in [0.717, 1.165) is 22.5 Å². The average Bonchev–Trinajstić information content (AvgIpc) is 3.16. The van der Waals surface area contributed by atoms with Crippen LogP contribution in [0.1, 0.15) is 32.0 Å². The average molecular weight is 357 g/mol. The quantitative estimate of drug-likeness (QED) is 0.730. The summed E-state index contributed by atoms with van der Waals surface area (Å²) >= 11 is 3.06. The molecule has 0 atom stereocenters. The monoisotopic (exact) mass is 357 g/mol. The molecule has 2 amide bonds. The third-order valence-corrected chi connectivity index (χ3v) is 5.19. The standard InChI is InChI=1S/C17H15N3O2S2/c1-10-6-23-8-14(10)19-16(21)12-3-4-13(18-5-12)17(22)20-15-9-24-7-11(15)2/h3-9H,1-2H3,(H,19,21)(H,20,22). The lowest BCUT2D eigenvalue weighted by Crippen LogP contribution is -2.16. The van der Waals surface area contributed by atoms with Gasteiger partial charge in [-0.3, -0.25) is 14.6 Å². The second kappa shape index (κ2) is 6.94. The summed E-state index contributed by atoms with van der Waals surface area (Å²) in [4.78, 5) is 28.5. The van der Waals surface area contributed by atoms with E-state index in [2.05, 4.69) is 15.6 Å². The van der Waals surface area contributed by atoms with Gasteiger partial charge in [-0.25, -0.2) is 0 Å². The van der Waals surface area contributed by atoms with Crippen LogP contribution in [0.5, 0.6) is 0 Å². The van der Waals surface area contributed by atoms with Gasteiger partial charge in [0.15, 0.2) is 0 Å². The van der Waals surface area contributed by atoms with E-state index in [9.17, 15) is 9.59 Å². The third kappa shape index (κ3) is 3.52. The zero-order chi connectivity index (χ0) is 17.1. The summed E-state index contributed by atoms with van der Waals surface area (Å²) in [5, 5.41) is 13.3. The minimum atomic E-state index is -0.294. The summed E-state index contributed by atoms with van der Waals surface area (Å²) in [6.07, 6.45) is 1.41. The number of nitrogens with zero attached hydrogens (tertiary/aromatic N) is 1. The van der Waals surface area contributed by atoms with Crippen molar-refractivity contribution < 1.29 is 9.59 Å². The highest BCUT2D eigenvalue weighted by Gasteiger charge is 2.13. The Balaban J connectivity index is 1.68. The molecule has 0 radical (unpaired) electrons. The first kappa shape index (κ1) is 16.4. The minimum Gasteiger partial charge on any atom is -0.321 e. The number of amides is 2. The first-order valence-corrected chi connectivity index (χ1v) is 9.07. The van der Waals surface area contributed by atoms with Crippen molar-refractivity contribution in [1.29, 1.82) is 0 Å². The van der Waals surface area contributed by atoms with Crippen molar-refractivity contribution in [2.75, 3.05) is 10.6 Å². The lowest BCUT2D eigenvalue weighted by atomic mass is 10.2. The Morgan fingerprint density at radius 2 is 1.46 bits per heavy atom. The predicted molar refractivity (Wildman–Crippen MR) is 98.3 cm³/mol. The molecule has 7 heteroatoms. The van der Waals surface area contributed by atoms with Crippen molar-refractivity contribution in [1.82, 2.24) is 4.98 Å². The maximum absolute atomic E-state index is 12.2. The first-order chi connectivity index (χ1) is 11.5. The van der Waals surface area contributed by atoms with Gasteiger partial charge in [0, 0.05) is 17.0 Å². The summed E-state index contributed by atoms with van der Waals surface area (Å²) in [6, 6.07) is 3.14. The van der Waals surface area contributed by atoms with Crippen LogP contribution in [0.4, 0.5) is 11.4 Å². The van der Waals surface area contributed by atoms with Crippen LogP contribution in [0.15, 0.2) is 39.8 Å². The Morgan fingerprint density at radius 1 is 0.875 bits per heavy atom. The molecular weight excluding hydrogens is 342 g/mol. The van der Waals surface area contributed by atoms with Crippen molar-refractivity contribution >= 4 is 45.9 Å². The van der Waals surface area contributed by atoms with Crippen molar-refractivity contribution in [3.8, 4) is 0 Å². The van der Waals surface area contributed by atoms with Crippen molar-refractivity contribution in [2.45, 2.75) is 13.8 Å². The lowest BCUT2D eigenvalue weighted by molar-refractivity contribution is 0.101. The van der Waals surface area contributed by atoms with Crippen molar-refractivity contribution in [3.05, 3.63) is 62.2 Å². The first-order valence-electron chi connectivity index (χ1n) is 7.19. The molecule has 3 aromatic heterocycles. The number of anilines is 2. The maximum atomic E-state index is 12.2. The van der Waals surface area contributed by atoms with Gasteiger partial charge in [-0.15, -0.1) is 22.7 Å². The molecule has 0 aliphatic rings. The number of aromatic nitrogens is 1. The number of pyridine rings is 1. The van der Waals surface area contributed by atoms with Crippen LogP contribution in [-0.4, -0.2) is 16.8 Å². The van der Waals surface area contributed by atoms with Gasteiger partial charge in [-0.1, -0.05) is 0 Å². The molecule has 0 saturated heterocycles. The SMILES string of the molecule is Cc1cscc1NC(=O)c1ccc(C(=O)Nc2cscc2C)nc1. The van der Waals surface area contributed by atoms with Gasteiger partial charge in [0.1, 0.15) is 5.69 Å². The summed E-state index contributed by atoms with van der Waals surface area (Å²) in [7, 11) is 0. The van der Waals surface area contributed by atoms with Gasteiger partial charge in [0.05, 0.1) is 16.9 Å². The van der Waals surface area contributed by atoms with Gasteiger partial charge in [0.25, 0.3) is 11.8 Å². The highest BCUT2D eigenvalue weighted by molar-refractivity contribution is 7.08. The lowest BCUT2D eigenvalue weighted by Gasteiger charge is -2.06. The molecule has 0 aromatic carbocycles. The van der Waals surface area contributed by atoms with E-state index in [0.29, 0.717) is 5.56 Å². The number of carbonyl (C=O) groups is 2. The van der Waals surface area contributed by atoms with E-state index < -0.39 is 0 Å². The molecule has 0 bridgehead atoms. The Kier molecular flexibility index (Phi) is 4.73. The minimum absolute atomic E-state index is 0.246. The van der Waals surface area contributed by atoms with Crippen LogP contribution >= 0.6 is 22.7 Å². The number of hydrogen-bond donors (Lipinski definition) is 2. The molecule has 0 saturated carbocycles. The smallest absolute Gasteiger partial charge is 0.274 e. The van der Waals surface area contributed by atoms with E-state index in [1.165, 1.54) is 28.9 Å². The summed E-state index contributed by atoms with van der Waals surface area (Å²) in [5.41, 5.74) is 4.27. The summed E-state index contributed by atoms with van der Waals surface area (Å²) in [5.74, 6) is -0.540. The zero-order valence-corrected chi connectivity index (χ0v) is 14.8. The predicted octanol–water partition coefficient (Wildman–Crippen LogP) is 4.33. The Hall–Kier alpha value is -2.51. The number of rotatable bonds is 4. The maximum Gasteiger partial charge on any atom is 0.274 e. The normalized spacial score (nSPS) is 10.4. The highest BCUT2D eigenvalue weighted by Crippen LogP contribution is 2.21. The van der Waals surface area contributed by atoms with E-state index in [1.807, 2.05) is 35.4 Å². The molecule has 24 heavy (non-hydrogen) atoms. The molecule has 0 aliphatic carbocycles. The number of thiophene rings is 2. The second-order valence-electron chi connectivity index (χ2n) is 5.28. The van der Waals surface area contributed by atoms with E-state index in [4.69, 9.17) is 0 Å². The molecule has 0 aliphatic heterocycles. The fourth-order valence-corrected chi connectivity index (χ4v) is 3.58. The number of nitrogens with one attached hydrogen (secondary N) is 2. The van der Waals surface area contributed by atoms with Crippen molar-refractivity contribution in [3.63, 3.8) is 0 Å². The van der Waals surface area contributed by atoms with Crippen LogP contribution in [0, 0.1) is 13.8 Å².